The number of alkyl halides is 6. The standard InChI is InChI=1S/C27H40F6O2/c1-2-3-4-5-6-7-8-9-10-11-12-13-14-15-16-17-20-35-25(34)23-21-22(26(28,29)30)18-19-24(23)27(31,32)33/h18-19,21H,2-17,20H2,1H3. The minimum absolute atomic E-state index is 0.120. The summed E-state index contributed by atoms with van der Waals surface area (Å²) < 4.78 is 82.7. The molecule has 0 amide bonds. The molecular formula is C27H40F6O2. The summed E-state index contributed by atoms with van der Waals surface area (Å²) in [5.41, 5.74) is -3.86. The van der Waals surface area contributed by atoms with E-state index in [0.29, 0.717) is 12.5 Å². The van der Waals surface area contributed by atoms with Crippen molar-refractivity contribution in [2.45, 2.75) is 122 Å². The van der Waals surface area contributed by atoms with Gasteiger partial charge in [0.25, 0.3) is 0 Å². The third-order valence-electron chi connectivity index (χ3n) is 6.10. The maximum absolute atomic E-state index is 13.1. The molecule has 0 aromatic heterocycles. The second-order valence-corrected chi connectivity index (χ2v) is 9.20. The lowest BCUT2D eigenvalue weighted by molar-refractivity contribution is -0.141. The number of esters is 1. The van der Waals surface area contributed by atoms with E-state index in [1.165, 1.54) is 70.6 Å². The molecular weight excluding hydrogens is 470 g/mol. The number of carbonyl (C=O) groups excluding carboxylic acids is 1. The Labute approximate surface area is 205 Å². The molecule has 0 unspecified atom stereocenters. The van der Waals surface area contributed by atoms with Crippen molar-refractivity contribution < 1.29 is 35.9 Å². The highest BCUT2D eigenvalue weighted by atomic mass is 19.4. The Morgan fingerprint density at radius 2 is 1.09 bits per heavy atom. The van der Waals surface area contributed by atoms with E-state index in [9.17, 15) is 31.1 Å². The second kappa shape index (κ2) is 16.9. The number of carbonyl (C=O) groups is 1. The molecule has 0 radical (unpaired) electrons. The quantitative estimate of drug-likeness (QED) is 0.112. The van der Waals surface area contributed by atoms with E-state index in [-0.39, 0.29) is 18.7 Å². The van der Waals surface area contributed by atoms with Crippen molar-refractivity contribution in [3.63, 3.8) is 0 Å². The first-order valence-electron chi connectivity index (χ1n) is 13.0. The zero-order valence-electron chi connectivity index (χ0n) is 20.8. The average molecular weight is 511 g/mol. The molecule has 1 aromatic carbocycles. The van der Waals surface area contributed by atoms with Crippen molar-refractivity contribution in [1.82, 2.24) is 0 Å². The zero-order valence-corrected chi connectivity index (χ0v) is 20.8. The van der Waals surface area contributed by atoms with Crippen LogP contribution in [-0.2, 0) is 17.1 Å². The van der Waals surface area contributed by atoms with Crippen LogP contribution in [0, 0.1) is 0 Å². The predicted molar refractivity (Wildman–Crippen MR) is 126 cm³/mol. The van der Waals surface area contributed by atoms with Crippen molar-refractivity contribution in [2.75, 3.05) is 6.61 Å². The van der Waals surface area contributed by atoms with E-state index in [4.69, 9.17) is 4.74 Å². The Hall–Kier alpha value is -1.73. The topological polar surface area (TPSA) is 26.3 Å². The van der Waals surface area contributed by atoms with E-state index >= 15 is 0 Å². The van der Waals surface area contributed by atoms with Crippen molar-refractivity contribution in [3.8, 4) is 0 Å². The maximum atomic E-state index is 13.1. The van der Waals surface area contributed by atoms with E-state index in [0.717, 1.165) is 25.7 Å². The van der Waals surface area contributed by atoms with Crippen LogP contribution in [0.5, 0.6) is 0 Å². The zero-order chi connectivity index (χ0) is 26.2. The van der Waals surface area contributed by atoms with Crippen molar-refractivity contribution in [3.05, 3.63) is 34.9 Å². The fourth-order valence-electron chi connectivity index (χ4n) is 4.03. The lowest BCUT2D eigenvalue weighted by atomic mass is 10.0. The van der Waals surface area contributed by atoms with Crippen LogP contribution < -0.4 is 0 Å². The number of hydrogen-bond acceptors (Lipinski definition) is 2. The maximum Gasteiger partial charge on any atom is 0.417 e. The molecule has 2 nitrogen and oxygen atoms in total. The Kier molecular flexibility index (Phi) is 15.1. The molecule has 0 saturated heterocycles. The van der Waals surface area contributed by atoms with E-state index < -0.39 is 35.0 Å². The first-order chi connectivity index (χ1) is 16.6. The third-order valence-corrected chi connectivity index (χ3v) is 6.10. The number of ether oxygens (including phenoxy) is 1. The van der Waals surface area contributed by atoms with Gasteiger partial charge in [-0.3, -0.25) is 0 Å². The van der Waals surface area contributed by atoms with E-state index in [2.05, 4.69) is 6.92 Å². The highest BCUT2D eigenvalue weighted by molar-refractivity contribution is 5.91. The molecule has 35 heavy (non-hydrogen) atoms. The molecule has 0 fully saturated rings. The molecule has 0 bridgehead atoms. The summed E-state index contributed by atoms with van der Waals surface area (Å²) in [5, 5.41) is 0. The Balaban J connectivity index is 2.15. The fourth-order valence-corrected chi connectivity index (χ4v) is 4.03. The lowest BCUT2D eigenvalue weighted by Gasteiger charge is -2.15. The summed E-state index contributed by atoms with van der Waals surface area (Å²) >= 11 is 0. The van der Waals surface area contributed by atoms with Crippen molar-refractivity contribution >= 4 is 5.97 Å². The number of hydrogen-bond donors (Lipinski definition) is 0. The number of rotatable bonds is 18. The molecule has 0 heterocycles. The van der Waals surface area contributed by atoms with Gasteiger partial charge in [0, 0.05) is 0 Å². The minimum atomic E-state index is -4.95. The van der Waals surface area contributed by atoms with Gasteiger partial charge in [0.1, 0.15) is 0 Å². The molecule has 0 atom stereocenters. The predicted octanol–water partition coefficient (Wildman–Crippen LogP) is 10.1. The van der Waals surface area contributed by atoms with Crippen LogP contribution in [-0.4, -0.2) is 12.6 Å². The highest BCUT2D eigenvalue weighted by Crippen LogP contribution is 2.36. The van der Waals surface area contributed by atoms with Gasteiger partial charge in [-0.1, -0.05) is 103 Å². The van der Waals surface area contributed by atoms with Crippen LogP contribution in [0.15, 0.2) is 18.2 Å². The molecule has 202 valence electrons. The van der Waals surface area contributed by atoms with Crippen molar-refractivity contribution in [2.24, 2.45) is 0 Å². The smallest absolute Gasteiger partial charge is 0.417 e. The summed E-state index contributed by atoms with van der Waals surface area (Å²) in [5.74, 6) is -1.38. The van der Waals surface area contributed by atoms with Gasteiger partial charge in [0.05, 0.1) is 23.3 Å². The summed E-state index contributed by atoms with van der Waals surface area (Å²) in [6, 6.07) is 0.794. The monoisotopic (exact) mass is 510 g/mol. The minimum Gasteiger partial charge on any atom is -0.462 e. The first kappa shape index (κ1) is 31.3. The first-order valence-corrected chi connectivity index (χ1v) is 13.0. The molecule has 0 spiro atoms. The Morgan fingerprint density at radius 3 is 1.49 bits per heavy atom. The van der Waals surface area contributed by atoms with Crippen molar-refractivity contribution in [1.29, 1.82) is 0 Å². The Morgan fingerprint density at radius 1 is 0.657 bits per heavy atom. The van der Waals surface area contributed by atoms with Gasteiger partial charge in [0.2, 0.25) is 0 Å². The fraction of sp³-hybridized carbons (Fsp3) is 0.741. The van der Waals surface area contributed by atoms with Crippen LogP contribution >= 0.6 is 0 Å². The van der Waals surface area contributed by atoms with Crippen LogP contribution in [0.4, 0.5) is 26.3 Å². The van der Waals surface area contributed by atoms with Gasteiger partial charge in [-0.05, 0) is 24.6 Å². The van der Waals surface area contributed by atoms with E-state index in [1.54, 1.807) is 0 Å². The summed E-state index contributed by atoms with van der Waals surface area (Å²) in [6.07, 6.45) is 8.78. The Bertz CT molecular complexity index is 713. The molecule has 1 rings (SSSR count). The van der Waals surface area contributed by atoms with Crippen LogP contribution in [0.2, 0.25) is 0 Å². The SMILES string of the molecule is CCCCCCCCCCCCCCCCCCOC(=O)c1cc(C(F)(F)F)ccc1C(F)(F)F. The molecule has 1 aromatic rings. The van der Waals surface area contributed by atoms with Gasteiger partial charge < -0.3 is 4.74 Å². The van der Waals surface area contributed by atoms with Gasteiger partial charge in [-0.2, -0.15) is 26.3 Å². The molecule has 8 heteroatoms. The normalized spacial score (nSPS) is 12.2. The van der Waals surface area contributed by atoms with E-state index in [1.807, 2.05) is 0 Å². The highest BCUT2D eigenvalue weighted by Gasteiger charge is 2.39. The molecule has 0 saturated carbocycles. The van der Waals surface area contributed by atoms with Crippen LogP contribution in [0.3, 0.4) is 0 Å². The summed E-state index contributed by atoms with van der Waals surface area (Å²) in [7, 11) is 0. The van der Waals surface area contributed by atoms with Crippen LogP contribution in [0.25, 0.3) is 0 Å². The number of unbranched alkanes of at least 4 members (excludes halogenated alkanes) is 15. The molecule has 0 aliphatic heterocycles. The largest absolute Gasteiger partial charge is 0.462 e. The number of benzene rings is 1. The summed E-state index contributed by atoms with van der Waals surface area (Å²) in [6.45, 7) is 2.11. The molecule has 0 N–H and O–H groups in total. The second-order valence-electron chi connectivity index (χ2n) is 9.20. The molecule has 0 aliphatic carbocycles. The molecule has 0 aliphatic rings. The lowest BCUT2D eigenvalue weighted by Crippen LogP contribution is -2.17. The van der Waals surface area contributed by atoms with Gasteiger partial charge in [-0.25, -0.2) is 4.79 Å². The van der Waals surface area contributed by atoms with Gasteiger partial charge in [-0.15, -0.1) is 0 Å². The van der Waals surface area contributed by atoms with Crippen LogP contribution in [0.1, 0.15) is 131 Å². The van der Waals surface area contributed by atoms with Gasteiger partial charge >= 0.3 is 18.3 Å². The summed E-state index contributed by atoms with van der Waals surface area (Å²) in [4.78, 5) is 12.1. The average Bonchev–Trinajstić information content (AvgIpc) is 2.79. The third kappa shape index (κ3) is 13.8. The number of halogens is 6. The van der Waals surface area contributed by atoms with Gasteiger partial charge in [0.15, 0.2) is 0 Å².